The van der Waals surface area contributed by atoms with Crippen LogP contribution in [0.15, 0.2) is 35.9 Å². The van der Waals surface area contributed by atoms with Gasteiger partial charge >= 0.3 is 5.97 Å². The number of ether oxygens (including phenoxy) is 1. The van der Waals surface area contributed by atoms with E-state index in [1.165, 1.54) is 25.1 Å². The van der Waals surface area contributed by atoms with Crippen molar-refractivity contribution in [3.05, 3.63) is 41.5 Å². The number of alkyl halides is 2. The summed E-state index contributed by atoms with van der Waals surface area (Å²) in [5.74, 6) is -5.48. The fraction of sp³-hybridized carbons (Fsp3) is 0.500. The number of aromatic hydroxyl groups is 1. The van der Waals surface area contributed by atoms with E-state index in [0.29, 0.717) is 30.4 Å². The number of carboxylic acids is 1. The Morgan fingerprint density at radius 2 is 1.83 bits per heavy atom. The van der Waals surface area contributed by atoms with Crippen LogP contribution >= 0.6 is 23.2 Å². The summed E-state index contributed by atoms with van der Waals surface area (Å²) >= 11 is 14.2. The minimum atomic E-state index is -1.86. The van der Waals surface area contributed by atoms with Gasteiger partial charge in [0.2, 0.25) is 11.8 Å². The number of rotatable bonds is 9. The number of halogens is 2. The highest BCUT2D eigenvalue weighted by atomic mass is 35.5. The molecule has 0 spiro atoms. The Morgan fingerprint density at radius 1 is 1.10 bits per heavy atom. The molecule has 224 valence electrons. The number of unbranched alkanes of at least 4 members (excludes halogenated alkanes) is 2. The molecule has 2 heterocycles. The van der Waals surface area contributed by atoms with Gasteiger partial charge in [0, 0.05) is 25.9 Å². The molecule has 12 heteroatoms. The molecular weight excluding hydrogens is 587 g/mol. The lowest BCUT2D eigenvalue weighted by atomic mass is 9.57. The van der Waals surface area contributed by atoms with Gasteiger partial charge in [-0.05, 0) is 49.3 Å². The zero-order valence-corrected chi connectivity index (χ0v) is 24.7. The van der Waals surface area contributed by atoms with Crippen molar-refractivity contribution in [2.24, 2.45) is 23.7 Å². The van der Waals surface area contributed by atoms with Crippen molar-refractivity contribution >= 4 is 58.9 Å². The predicted octanol–water partition coefficient (Wildman–Crippen LogP) is 3.58. The Hall–Kier alpha value is -3.37. The molecule has 0 bridgehead atoms. The van der Waals surface area contributed by atoms with Crippen molar-refractivity contribution in [2.75, 3.05) is 20.7 Å². The van der Waals surface area contributed by atoms with E-state index in [0.717, 1.165) is 4.90 Å². The van der Waals surface area contributed by atoms with Gasteiger partial charge in [0.25, 0.3) is 11.8 Å². The number of phenolic OH excluding ortho intramolecular Hbond substituents is 1. The summed E-state index contributed by atoms with van der Waals surface area (Å²) in [5.41, 5.74) is 1.32. The molecule has 0 aromatic heterocycles. The smallest absolute Gasteiger partial charge is 0.303 e. The first-order valence-electron chi connectivity index (χ1n) is 13.9. The summed E-state index contributed by atoms with van der Waals surface area (Å²) in [6.45, 7) is 0.184. The van der Waals surface area contributed by atoms with Crippen LogP contribution in [-0.2, 0) is 24.0 Å². The molecule has 6 atom stereocenters. The molecule has 0 radical (unpaired) electrons. The van der Waals surface area contributed by atoms with Crippen molar-refractivity contribution in [1.29, 1.82) is 0 Å². The summed E-state index contributed by atoms with van der Waals surface area (Å²) in [7, 11) is 2.76. The highest BCUT2D eigenvalue weighted by molar-refractivity contribution is 6.53. The number of imide groups is 2. The van der Waals surface area contributed by atoms with Crippen LogP contribution in [0.4, 0.5) is 0 Å². The first-order chi connectivity index (χ1) is 19.9. The molecule has 3 fully saturated rings. The number of fused-ring (bicyclic) bond motifs is 4. The first-order valence-corrected chi connectivity index (χ1v) is 14.6. The first kappa shape index (κ1) is 30.1. The molecule has 1 aromatic rings. The molecule has 1 aromatic carbocycles. The van der Waals surface area contributed by atoms with Crippen LogP contribution in [0.3, 0.4) is 0 Å². The minimum Gasteiger partial charge on any atom is -0.504 e. The number of hydrogen-bond donors (Lipinski definition) is 2. The molecule has 5 rings (SSSR count). The summed E-state index contributed by atoms with van der Waals surface area (Å²) in [6.07, 6.45) is 6.96. The largest absolute Gasteiger partial charge is 0.504 e. The number of carbonyl (C=O) groups excluding carboxylic acids is 4. The third-order valence-electron chi connectivity index (χ3n) is 9.12. The van der Waals surface area contributed by atoms with Crippen molar-refractivity contribution in [2.45, 2.75) is 48.3 Å². The molecule has 2 N–H and O–H groups in total. The molecule has 2 aliphatic heterocycles. The second-order valence-electron chi connectivity index (χ2n) is 11.4. The van der Waals surface area contributed by atoms with E-state index < -0.39 is 51.2 Å². The Labute approximate surface area is 252 Å². The van der Waals surface area contributed by atoms with Crippen LogP contribution in [0.2, 0.25) is 0 Å². The number of amides is 4. The van der Waals surface area contributed by atoms with Gasteiger partial charge in [0.15, 0.2) is 21.2 Å². The lowest BCUT2D eigenvalue weighted by molar-refractivity contribution is -0.141. The number of hydrogen-bond acceptors (Lipinski definition) is 7. The number of likely N-dealkylation sites (tertiary alicyclic amines) is 2. The van der Waals surface area contributed by atoms with E-state index in [-0.39, 0.29) is 49.1 Å². The summed E-state index contributed by atoms with van der Waals surface area (Å²) < 4.78 is 5.20. The van der Waals surface area contributed by atoms with E-state index in [4.69, 9.17) is 33.0 Å². The minimum absolute atomic E-state index is 0.0213. The van der Waals surface area contributed by atoms with Crippen molar-refractivity contribution in [1.82, 2.24) is 9.80 Å². The number of benzene rings is 1. The predicted molar refractivity (Wildman–Crippen MR) is 153 cm³/mol. The molecule has 2 saturated heterocycles. The molecule has 4 amide bonds. The highest BCUT2D eigenvalue weighted by Gasteiger charge is 2.75. The topological polar surface area (TPSA) is 142 Å². The maximum absolute atomic E-state index is 13.7. The van der Waals surface area contributed by atoms with Gasteiger partial charge in [0.05, 0.1) is 18.9 Å². The normalized spacial score (nSPS) is 32.2. The SMILES string of the molecule is COc1cc(C=CC2C3=CCC4C(=O)N(CCCCCC(=O)O)C(=O)C4C3CC3(Cl)C(=O)N(C)C(=O)C23Cl)ccc1O. The third kappa shape index (κ3) is 4.50. The summed E-state index contributed by atoms with van der Waals surface area (Å²) in [5, 5.41) is 18.8. The Kier molecular flexibility index (Phi) is 7.91. The van der Waals surface area contributed by atoms with Gasteiger partial charge in [-0.2, -0.15) is 0 Å². The third-order valence-corrected chi connectivity index (χ3v) is 10.5. The number of nitrogens with zero attached hydrogens (tertiary/aromatic N) is 2. The average molecular weight is 619 g/mol. The quantitative estimate of drug-likeness (QED) is 0.185. The average Bonchev–Trinajstić information content (AvgIpc) is 3.27. The lowest BCUT2D eigenvalue weighted by Crippen LogP contribution is -2.60. The second-order valence-corrected chi connectivity index (χ2v) is 12.6. The molecule has 6 unspecified atom stereocenters. The summed E-state index contributed by atoms with van der Waals surface area (Å²) in [6, 6.07) is 4.72. The van der Waals surface area contributed by atoms with Gasteiger partial charge in [-0.25, -0.2) is 0 Å². The van der Waals surface area contributed by atoms with E-state index in [1.807, 2.05) is 6.08 Å². The fourth-order valence-electron chi connectivity index (χ4n) is 7.01. The van der Waals surface area contributed by atoms with Crippen LogP contribution in [0.5, 0.6) is 11.5 Å². The Bertz CT molecular complexity index is 1430. The van der Waals surface area contributed by atoms with Crippen molar-refractivity contribution < 1.29 is 38.9 Å². The van der Waals surface area contributed by atoms with Crippen molar-refractivity contribution in [3.63, 3.8) is 0 Å². The van der Waals surface area contributed by atoms with Crippen LogP contribution in [-0.4, -0.2) is 80.1 Å². The van der Waals surface area contributed by atoms with Crippen molar-refractivity contribution in [3.8, 4) is 11.5 Å². The van der Waals surface area contributed by atoms with E-state index in [1.54, 1.807) is 24.3 Å². The maximum Gasteiger partial charge on any atom is 0.303 e. The van der Waals surface area contributed by atoms with Crippen LogP contribution in [0, 0.1) is 23.7 Å². The molecule has 1 saturated carbocycles. The van der Waals surface area contributed by atoms with E-state index in [9.17, 15) is 29.1 Å². The monoisotopic (exact) mass is 618 g/mol. The number of carboxylic acid groups (broad SMARTS) is 1. The fourth-order valence-corrected chi connectivity index (χ4v) is 7.98. The number of aliphatic carboxylic acids is 1. The molecule has 42 heavy (non-hydrogen) atoms. The van der Waals surface area contributed by atoms with Gasteiger partial charge in [-0.15, -0.1) is 23.2 Å². The van der Waals surface area contributed by atoms with Crippen LogP contribution in [0.1, 0.15) is 44.1 Å². The maximum atomic E-state index is 13.7. The second kappa shape index (κ2) is 11.0. The highest BCUT2D eigenvalue weighted by Crippen LogP contribution is 2.63. The number of methoxy groups -OCH3 is 1. The molecule has 10 nitrogen and oxygen atoms in total. The van der Waals surface area contributed by atoms with E-state index in [2.05, 4.69) is 0 Å². The molecule has 4 aliphatic rings. The van der Waals surface area contributed by atoms with E-state index >= 15 is 0 Å². The number of allylic oxidation sites excluding steroid dienone is 3. The van der Waals surface area contributed by atoms with Crippen LogP contribution < -0.4 is 4.74 Å². The standard InChI is InChI=1S/C30H32Cl2N2O8/c1-33-27(40)29(31)15-19-17(9-10-18-24(19)26(39)34(25(18)38)13-5-3-4-6-23(36)37)20(30(29,32)28(33)41)11-7-16-8-12-21(35)22(14-16)42-2/h7-9,11-12,14,18-20,24,35H,3-6,10,13,15H2,1-2H3,(H,36,37). The van der Waals surface area contributed by atoms with Gasteiger partial charge in [-0.3, -0.25) is 33.8 Å². The van der Waals surface area contributed by atoms with Gasteiger partial charge < -0.3 is 14.9 Å². The number of carbonyl (C=O) groups is 5. The number of phenols is 1. The Morgan fingerprint density at radius 3 is 2.52 bits per heavy atom. The van der Waals surface area contributed by atoms with Crippen LogP contribution in [0.25, 0.3) is 6.08 Å². The summed E-state index contributed by atoms with van der Waals surface area (Å²) in [4.78, 5) is 63.4. The lowest BCUT2D eigenvalue weighted by Gasteiger charge is -2.49. The molecule has 2 aliphatic carbocycles. The van der Waals surface area contributed by atoms with Gasteiger partial charge in [-0.1, -0.05) is 36.3 Å². The Balaban J connectivity index is 1.49. The molecular formula is C30H32Cl2N2O8. The zero-order valence-electron chi connectivity index (χ0n) is 23.2. The van der Waals surface area contributed by atoms with Gasteiger partial charge in [0.1, 0.15) is 0 Å². The zero-order chi connectivity index (χ0) is 30.6.